The molecule has 1 fully saturated rings. The summed E-state index contributed by atoms with van der Waals surface area (Å²) in [7, 11) is 0. The molecule has 0 saturated carbocycles. The molecule has 0 bridgehead atoms. The third kappa shape index (κ3) is 4.83. The van der Waals surface area contributed by atoms with Gasteiger partial charge in [0.1, 0.15) is 6.61 Å². The van der Waals surface area contributed by atoms with Gasteiger partial charge in [-0.3, -0.25) is 4.90 Å². The van der Waals surface area contributed by atoms with Crippen LogP contribution < -0.4 is 9.47 Å². The molecule has 0 spiro atoms. The fraction of sp³-hybridized carbons (Fsp3) is 0.667. The topological polar surface area (TPSA) is 60.4 Å². The summed E-state index contributed by atoms with van der Waals surface area (Å²) in [6, 6.07) is 7.61. The summed E-state index contributed by atoms with van der Waals surface area (Å²) in [5.41, 5.74) is 0. The Kier molecular flexibility index (Phi) is 5.94. The van der Waals surface area contributed by atoms with E-state index in [9.17, 15) is 5.11 Å². The monoisotopic (exact) mass is 337 g/mol. The third-order valence-electron chi connectivity index (χ3n) is 4.15. The Balaban J connectivity index is 1.36. The van der Waals surface area contributed by atoms with Crippen LogP contribution in [0, 0.1) is 0 Å². The van der Waals surface area contributed by atoms with Crippen LogP contribution in [-0.4, -0.2) is 73.9 Å². The van der Waals surface area contributed by atoms with E-state index in [-0.39, 0.29) is 18.3 Å². The molecule has 1 aromatic rings. The first-order chi connectivity index (χ1) is 11.6. The van der Waals surface area contributed by atoms with Crippen molar-refractivity contribution in [3.05, 3.63) is 24.3 Å². The van der Waals surface area contributed by atoms with Gasteiger partial charge in [-0.2, -0.15) is 0 Å². The molecule has 1 aromatic carbocycles. The molecule has 0 amide bonds. The predicted octanol–water partition coefficient (Wildman–Crippen LogP) is 1.31. The average Bonchev–Trinajstić information content (AvgIpc) is 2.53. The van der Waals surface area contributed by atoms with E-state index >= 15 is 0 Å². The van der Waals surface area contributed by atoms with E-state index in [0.29, 0.717) is 26.4 Å². The fourth-order valence-corrected chi connectivity index (χ4v) is 3.26. The van der Waals surface area contributed by atoms with E-state index in [1.807, 2.05) is 24.3 Å². The van der Waals surface area contributed by atoms with Gasteiger partial charge in [-0.15, -0.1) is 0 Å². The first-order valence-corrected chi connectivity index (χ1v) is 8.62. The summed E-state index contributed by atoms with van der Waals surface area (Å²) in [5, 5.41) is 10.2. The van der Waals surface area contributed by atoms with Crippen molar-refractivity contribution in [2.24, 2.45) is 0 Å². The number of para-hydroxylation sites is 2. The molecule has 2 heterocycles. The van der Waals surface area contributed by atoms with Crippen LogP contribution in [0.1, 0.15) is 13.8 Å². The number of fused-ring (bicyclic) bond motifs is 1. The van der Waals surface area contributed by atoms with E-state index < -0.39 is 6.10 Å². The Hall–Kier alpha value is -1.34. The van der Waals surface area contributed by atoms with Crippen molar-refractivity contribution in [3.63, 3.8) is 0 Å². The molecule has 2 aliphatic rings. The van der Waals surface area contributed by atoms with Gasteiger partial charge in [0.05, 0.1) is 31.5 Å². The van der Waals surface area contributed by atoms with Crippen molar-refractivity contribution in [2.75, 3.05) is 39.5 Å². The summed E-state index contributed by atoms with van der Waals surface area (Å²) in [6.45, 7) is 7.57. The van der Waals surface area contributed by atoms with Crippen LogP contribution in [0.25, 0.3) is 0 Å². The number of benzene rings is 1. The Morgan fingerprint density at radius 3 is 2.67 bits per heavy atom. The van der Waals surface area contributed by atoms with Crippen LogP contribution >= 0.6 is 0 Å². The van der Waals surface area contributed by atoms with Gasteiger partial charge >= 0.3 is 0 Å². The first-order valence-electron chi connectivity index (χ1n) is 8.62. The minimum Gasteiger partial charge on any atom is -0.486 e. The third-order valence-corrected chi connectivity index (χ3v) is 4.15. The highest BCUT2D eigenvalue weighted by Crippen LogP contribution is 2.30. The molecule has 24 heavy (non-hydrogen) atoms. The normalized spacial score (nSPS) is 28.5. The molecule has 3 rings (SSSR count). The Bertz CT molecular complexity index is 516. The van der Waals surface area contributed by atoms with E-state index in [2.05, 4.69) is 18.7 Å². The van der Waals surface area contributed by atoms with Crippen LogP contribution in [0.5, 0.6) is 11.5 Å². The van der Waals surface area contributed by atoms with Gasteiger partial charge in [0.2, 0.25) is 0 Å². The van der Waals surface area contributed by atoms with Crippen molar-refractivity contribution in [1.82, 2.24) is 4.90 Å². The number of morpholine rings is 1. The minimum atomic E-state index is -0.515. The van der Waals surface area contributed by atoms with E-state index in [4.69, 9.17) is 18.9 Å². The molecule has 0 radical (unpaired) electrons. The van der Waals surface area contributed by atoms with Crippen molar-refractivity contribution in [3.8, 4) is 11.5 Å². The molecule has 134 valence electrons. The number of rotatable bonds is 6. The lowest BCUT2D eigenvalue weighted by molar-refractivity contribution is -0.0848. The van der Waals surface area contributed by atoms with E-state index in [1.54, 1.807) is 0 Å². The quantitative estimate of drug-likeness (QED) is 0.845. The summed E-state index contributed by atoms with van der Waals surface area (Å²) in [6.07, 6.45) is -0.251. The van der Waals surface area contributed by atoms with Gasteiger partial charge < -0.3 is 24.1 Å². The number of β-amino-alcohol motifs (C(OH)–C–C–N with tert-alkyl or cyclic N) is 1. The lowest BCUT2D eigenvalue weighted by Crippen LogP contribution is -2.48. The van der Waals surface area contributed by atoms with Crippen molar-refractivity contribution in [2.45, 2.75) is 38.3 Å². The molecular weight excluding hydrogens is 310 g/mol. The summed E-state index contributed by atoms with van der Waals surface area (Å²) >= 11 is 0. The molecule has 6 heteroatoms. The van der Waals surface area contributed by atoms with E-state index in [1.165, 1.54) is 0 Å². The zero-order valence-electron chi connectivity index (χ0n) is 14.4. The lowest BCUT2D eigenvalue weighted by Gasteiger charge is -2.36. The number of nitrogens with zero attached hydrogens (tertiary/aromatic N) is 1. The highest BCUT2D eigenvalue weighted by Gasteiger charge is 2.25. The van der Waals surface area contributed by atoms with Gasteiger partial charge in [-0.25, -0.2) is 0 Å². The zero-order chi connectivity index (χ0) is 16.9. The molecule has 1 saturated heterocycles. The predicted molar refractivity (Wildman–Crippen MR) is 89.6 cm³/mol. The molecule has 4 atom stereocenters. The summed E-state index contributed by atoms with van der Waals surface area (Å²) in [4.78, 5) is 2.23. The Labute approximate surface area is 143 Å². The largest absolute Gasteiger partial charge is 0.486 e. The molecule has 0 aliphatic carbocycles. The van der Waals surface area contributed by atoms with Gasteiger partial charge in [-0.1, -0.05) is 12.1 Å². The SMILES string of the molecule is C[C@@H]1CN(C[C@H](O)COC[C@@H]2COc3ccccc3O2)C[C@H](C)O1. The summed E-state index contributed by atoms with van der Waals surface area (Å²) in [5.74, 6) is 1.51. The smallest absolute Gasteiger partial charge is 0.161 e. The van der Waals surface area contributed by atoms with Crippen LogP contribution in [0.15, 0.2) is 24.3 Å². The number of hydrogen-bond acceptors (Lipinski definition) is 6. The second-order valence-corrected chi connectivity index (χ2v) is 6.66. The lowest BCUT2D eigenvalue weighted by atomic mass is 10.2. The Morgan fingerprint density at radius 2 is 1.92 bits per heavy atom. The Morgan fingerprint density at radius 1 is 1.21 bits per heavy atom. The zero-order valence-corrected chi connectivity index (χ0v) is 14.4. The maximum atomic E-state index is 10.2. The number of aliphatic hydroxyl groups is 1. The van der Waals surface area contributed by atoms with Crippen molar-refractivity contribution in [1.29, 1.82) is 0 Å². The van der Waals surface area contributed by atoms with Crippen molar-refractivity contribution < 1.29 is 24.1 Å². The van der Waals surface area contributed by atoms with Crippen LogP contribution in [0.2, 0.25) is 0 Å². The van der Waals surface area contributed by atoms with E-state index in [0.717, 1.165) is 24.6 Å². The number of hydrogen-bond donors (Lipinski definition) is 1. The number of ether oxygens (including phenoxy) is 4. The van der Waals surface area contributed by atoms with Crippen LogP contribution in [0.4, 0.5) is 0 Å². The molecular formula is C18H27NO5. The number of aliphatic hydroxyl groups excluding tert-OH is 1. The molecule has 0 aromatic heterocycles. The minimum absolute atomic E-state index is 0.143. The molecule has 1 N–H and O–H groups in total. The van der Waals surface area contributed by atoms with Gasteiger partial charge in [0.25, 0.3) is 0 Å². The highest BCUT2D eigenvalue weighted by molar-refractivity contribution is 5.40. The summed E-state index contributed by atoms with van der Waals surface area (Å²) < 4.78 is 22.8. The van der Waals surface area contributed by atoms with Crippen LogP contribution in [0.3, 0.4) is 0 Å². The molecule has 0 unspecified atom stereocenters. The van der Waals surface area contributed by atoms with Gasteiger partial charge in [-0.05, 0) is 26.0 Å². The molecule has 2 aliphatic heterocycles. The first kappa shape index (κ1) is 17.5. The maximum absolute atomic E-state index is 10.2. The van der Waals surface area contributed by atoms with Crippen LogP contribution in [-0.2, 0) is 9.47 Å². The second kappa shape index (κ2) is 8.16. The average molecular weight is 337 g/mol. The molecule has 6 nitrogen and oxygen atoms in total. The highest BCUT2D eigenvalue weighted by atomic mass is 16.6. The second-order valence-electron chi connectivity index (χ2n) is 6.66. The van der Waals surface area contributed by atoms with Gasteiger partial charge in [0.15, 0.2) is 17.6 Å². The maximum Gasteiger partial charge on any atom is 0.161 e. The fourth-order valence-electron chi connectivity index (χ4n) is 3.26. The van der Waals surface area contributed by atoms with Crippen molar-refractivity contribution >= 4 is 0 Å². The standard InChI is InChI=1S/C18H27NO5/c1-13-7-19(8-14(2)23-13)9-15(20)10-21-11-16-12-22-17-5-3-4-6-18(17)24-16/h3-6,13-16,20H,7-12H2,1-2H3/t13-,14+,15-,16+/m0/s1. The van der Waals surface area contributed by atoms with Gasteiger partial charge in [0, 0.05) is 19.6 Å².